The highest BCUT2D eigenvalue weighted by atomic mass is 16.5. The van der Waals surface area contributed by atoms with Crippen molar-refractivity contribution in [1.82, 2.24) is 5.32 Å². The molecule has 0 aliphatic carbocycles. The summed E-state index contributed by atoms with van der Waals surface area (Å²) in [5, 5.41) is 3.55. The summed E-state index contributed by atoms with van der Waals surface area (Å²) >= 11 is 0. The Morgan fingerprint density at radius 3 is 2.83 bits per heavy atom. The zero-order chi connectivity index (χ0) is 12.8. The summed E-state index contributed by atoms with van der Waals surface area (Å²) in [5.74, 6) is 0.930. The maximum atomic E-state index is 6.03. The first kappa shape index (κ1) is 13.4. The Morgan fingerprint density at radius 2 is 2.11 bits per heavy atom. The first-order chi connectivity index (χ1) is 8.79. The Kier molecular flexibility index (Phi) is 5.02. The number of aryl methyl sites for hydroxylation is 1. The zero-order valence-corrected chi connectivity index (χ0v) is 11.3. The van der Waals surface area contributed by atoms with Gasteiger partial charge in [-0.25, -0.2) is 0 Å². The molecule has 0 amide bonds. The van der Waals surface area contributed by atoms with Crippen LogP contribution in [-0.4, -0.2) is 31.9 Å². The molecular weight excluding hydrogens is 226 g/mol. The predicted octanol–water partition coefficient (Wildman–Crippen LogP) is 2.53. The van der Waals surface area contributed by atoms with Crippen LogP contribution in [0.5, 0.6) is 5.75 Å². The van der Waals surface area contributed by atoms with E-state index in [2.05, 4.69) is 31.3 Å². The molecule has 0 bridgehead atoms. The Labute approximate surface area is 109 Å². The van der Waals surface area contributed by atoms with E-state index in [1.807, 2.05) is 12.1 Å². The number of hydrogen-bond acceptors (Lipinski definition) is 3. The molecule has 0 aromatic heterocycles. The monoisotopic (exact) mass is 249 g/mol. The maximum absolute atomic E-state index is 6.03. The van der Waals surface area contributed by atoms with Crippen LogP contribution in [0.15, 0.2) is 24.3 Å². The number of rotatable bonds is 5. The average Bonchev–Trinajstić information content (AvgIpc) is 2.40. The Morgan fingerprint density at radius 1 is 1.33 bits per heavy atom. The summed E-state index contributed by atoms with van der Waals surface area (Å²) in [6, 6.07) is 8.61. The molecule has 1 saturated heterocycles. The van der Waals surface area contributed by atoms with Crippen LogP contribution in [0.25, 0.3) is 0 Å². The van der Waals surface area contributed by atoms with Gasteiger partial charge in [0.15, 0.2) is 0 Å². The first-order valence-electron chi connectivity index (χ1n) is 6.84. The standard InChI is InChI=1S/C15H23NO2/c1-3-9-16-14-8-10-17-11-15(14)18-13-6-4-12(2)5-7-13/h4-7,14-16H,3,8-11H2,1-2H3. The zero-order valence-electron chi connectivity index (χ0n) is 11.3. The maximum Gasteiger partial charge on any atom is 0.137 e. The second-order valence-electron chi connectivity index (χ2n) is 4.89. The van der Waals surface area contributed by atoms with Crippen LogP contribution < -0.4 is 10.1 Å². The van der Waals surface area contributed by atoms with Crippen molar-refractivity contribution in [3.8, 4) is 5.75 Å². The van der Waals surface area contributed by atoms with Crippen molar-refractivity contribution in [2.75, 3.05) is 19.8 Å². The van der Waals surface area contributed by atoms with Gasteiger partial charge in [-0.05, 0) is 38.4 Å². The highest BCUT2D eigenvalue weighted by Crippen LogP contribution is 2.18. The van der Waals surface area contributed by atoms with Gasteiger partial charge >= 0.3 is 0 Å². The van der Waals surface area contributed by atoms with Gasteiger partial charge in [-0.15, -0.1) is 0 Å². The second kappa shape index (κ2) is 6.76. The molecule has 0 spiro atoms. The molecule has 1 aliphatic rings. The molecule has 1 fully saturated rings. The molecule has 1 aromatic rings. The molecule has 0 radical (unpaired) electrons. The third-order valence-corrected chi connectivity index (χ3v) is 3.27. The minimum absolute atomic E-state index is 0.119. The Balaban J connectivity index is 1.94. The van der Waals surface area contributed by atoms with E-state index >= 15 is 0 Å². The first-order valence-corrected chi connectivity index (χ1v) is 6.84. The number of benzene rings is 1. The van der Waals surface area contributed by atoms with Crippen molar-refractivity contribution in [2.45, 2.75) is 38.8 Å². The van der Waals surface area contributed by atoms with Crippen LogP contribution in [-0.2, 0) is 4.74 Å². The van der Waals surface area contributed by atoms with Crippen molar-refractivity contribution >= 4 is 0 Å². The minimum Gasteiger partial charge on any atom is -0.486 e. The van der Waals surface area contributed by atoms with Crippen molar-refractivity contribution in [3.05, 3.63) is 29.8 Å². The average molecular weight is 249 g/mol. The van der Waals surface area contributed by atoms with Crippen LogP contribution >= 0.6 is 0 Å². The van der Waals surface area contributed by atoms with Crippen molar-refractivity contribution in [2.24, 2.45) is 0 Å². The van der Waals surface area contributed by atoms with Crippen LogP contribution in [0.2, 0.25) is 0 Å². The van der Waals surface area contributed by atoms with E-state index in [-0.39, 0.29) is 6.10 Å². The van der Waals surface area contributed by atoms with E-state index in [0.29, 0.717) is 12.6 Å². The summed E-state index contributed by atoms with van der Waals surface area (Å²) < 4.78 is 11.6. The van der Waals surface area contributed by atoms with E-state index in [4.69, 9.17) is 9.47 Å². The van der Waals surface area contributed by atoms with Gasteiger partial charge in [0.1, 0.15) is 11.9 Å². The molecule has 2 atom stereocenters. The molecule has 1 aromatic carbocycles. The van der Waals surface area contributed by atoms with Crippen molar-refractivity contribution in [3.63, 3.8) is 0 Å². The highest BCUT2D eigenvalue weighted by Gasteiger charge is 2.26. The fourth-order valence-corrected chi connectivity index (χ4v) is 2.18. The fourth-order valence-electron chi connectivity index (χ4n) is 2.18. The summed E-state index contributed by atoms with van der Waals surface area (Å²) in [6.07, 6.45) is 2.29. The molecule has 1 heterocycles. The van der Waals surface area contributed by atoms with Crippen LogP contribution in [0.3, 0.4) is 0 Å². The lowest BCUT2D eigenvalue weighted by Gasteiger charge is -2.32. The third kappa shape index (κ3) is 3.72. The van der Waals surface area contributed by atoms with Crippen LogP contribution in [0, 0.1) is 6.92 Å². The molecule has 0 saturated carbocycles. The van der Waals surface area contributed by atoms with Crippen LogP contribution in [0.4, 0.5) is 0 Å². The summed E-state index contributed by atoms with van der Waals surface area (Å²) in [4.78, 5) is 0. The molecular formula is C15H23NO2. The van der Waals surface area contributed by atoms with E-state index in [1.165, 1.54) is 5.56 Å². The van der Waals surface area contributed by atoms with Crippen molar-refractivity contribution < 1.29 is 9.47 Å². The van der Waals surface area contributed by atoms with Crippen LogP contribution in [0.1, 0.15) is 25.3 Å². The molecule has 2 unspecified atom stereocenters. The normalized spacial score (nSPS) is 23.9. The van der Waals surface area contributed by atoms with E-state index in [1.54, 1.807) is 0 Å². The molecule has 3 nitrogen and oxygen atoms in total. The van der Waals surface area contributed by atoms with Gasteiger partial charge in [0.05, 0.1) is 6.61 Å². The lowest BCUT2D eigenvalue weighted by molar-refractivity contribution is -0.0146. The number of nitrogens with one attached hydrogen (secondary N) is 1. The lowest BCUT2D eigenvalue weighted by atomic mass is 10.1. The van der Waals surface area contributed by atoms with E-state index in [9.17, 15) is 0 Å². The van der Waals surface area contributed by atoms with Gasteiger partial charge in [0, 0.05) is 12.6 Å². The fraction of sp³-hybridized carbons (Fsp3) is 0.600. The quantitative estimate of drug-likeness (QED) is 0.870. The molecule has 2 rings (SSSR count). The van der Waals surface area contributed by atoms with E-state index in [0.717, 1.165) is 31.7 Å². The molecule has 3 heteroatoms. The summed E-state index contributed by atoms with van der Waals surface area (Å²) in [7, 11) is 0. The Hall–Kier alpha value is -1.06. The highest BCUT2D eigenvalue weighted by molar-refractivity contribution is 5.26. The van der Waals surface area contributed by atoms with Gasteiger partial charge in [-0.3, -0.25) is 0 Å². The lowest BCUT2D eigenvalue weighted by Crippen LogP contribution is -2.49. The van der Waals surface area contributed by atoms with Gasteiger partial charge in [-0.1, -0.05) is 24.6 Å². The summed E-state index contributed by atoms with van der Waals surface area (Å²) in [5.41, 5.74) is 1.25. The van der Waals surface area contributed by atoms with Gasteiger partial charge in [-0.2, -0.15) is 0 Å². The molecule has 18 heavy (non-hydrogen) atoms. The van der Waals surface area contributed by atoms with E-state index < -0.39 is 0 Å². The summed E-state index contributed by atoms with van der Waals surface area (Å²) in [6.45, 7) is 6.81. The Bertz CT molecular complexity index is 350. The van der Waals surface area contributed by atoms with Gasteiger partial charge in [0.25, 0.3) is 0 Å². The predicted molar refractivity (Wildman–Crippen MR) is 73.1 cm³/mol. The molecule has 1 N–H and O–H groups in total. The molecule has 1 aliphatic heterocycles. The van der Waals surface area contributed by atoms with Gasteiger partial charge in [0.2, 0.25) is 0 Å². The van der Waals surface area contributed by atoms with Crippen molar-refractivity contribution in [1.29, 1.82) is 0 Å². The van der Waals surface area contributed by atoms with Gasteiger partial charge < -0.3 is 14.8 Å². The topological polar surface area (TPSA) is 30.5 Å². The second-order valence-corrected chi connectivity index (χ2v) is 4.89. The largest absolute Gasteiger partial charge is 0.486 e. The minimum atomic E-state index is 0.119. The molecule has 100 valence electrons. The SMILES string of the molecule is CCCNC1CCOCC1Oc1ccc(C)cc1. The number of hydrogen-bond donors (Lipinski definition) is 1. The number of ether oxygens (including phenoxy) is 2. The smallest absolute Gasteiger partial charge is 0.137 e. The third-order valence-electron chi connectivity index (χ3n) is 3.27.